The molecule has 3 rings (SSSR count). The number of nitrogens with zero attached hydrogens (tertiary/aromatic N) is 1. The van der Waals surface area contributed by atoms with Crippen LogP contribution in [0.5, 0.6) is 0 Å². The van der Waals surface area contributed by atoms with Crippen LogP contribution in [0.2, 0.25) is 0 Å². The summed E-state index contributed by atoms with van der Waals surface area (Å²) in [6.45, 7) is 2.78. The van der Waals surface area contributed by atoms with Crippen LogP contribution >= 0.6 is 0 Å². The van der Waals surface area contributed by atoms with Gasteiger partial charge >= 0.3 is 0 Å². The second-order valence-corrected chi connectivity index (χ2v) is 8.36. The summed E-state index contributed by atoms with van der Waals surface area (Å²) in [7, 11) is -3.40. The number of carbonyl (C=O) groups excluding carboxylic acids is 2. The number of benzene rings is 2. The number of rotatable bonds is 4. The first kappa shape index (κ1) is 19.1. The Kier molecular flexibility index (Phi) is 5.29. The van der Waals surface area contributed by atoms with Crippen LogP contribution in [0.15, 0.2) is 47.4 Å². The zero-order valence-corrected chi connectivity index (χ0v) is 15.9. The van der Waals surface area contributed by atoms with Gasteiger partial charge in [-0.1, -0.05) is 6.07 Å². The van der Waals surface area contributed by atoms with E-state index < -0.39 is 15.7 Å². The van der Waals surface area contributed by atoms with Crippen molar-refractivity contribution in [3.8, 4) is 0 Å². The summed E-state index contributed by atoms with van der Waals surface area (Å²) in [5.74, 6) is -0.501. The predicted octanol–water partition coefficient (Wildman–Crippen LogP) is 2.01. The second-order valence-electron chi connectivity index (χ2n) is 6.35. The predicted molar refractivity (Wildman–Crippen MR) is 102 cm³/mol. The van der Waals surface area contributed by atoms with E-state index in [-0.39, 0.29) is 17.4 Å². The van der Waals surface area contributed by atoms with Crippen LogP contribution in [-0.2, 0) is 19.4 Å². The molecule has 1 heterocycles. The molecule has 27 heavy (non-hydrogen) atoms. The number of hydrogen-bond donors (Lipinski definition) is 1. The summed E-state index contributed by atoms with van der Waals surface area (Å²) in [5, 5.41) is 2.76. The molecule has 0 atom stereocenters. The number of hydrogen-bond acceptors (Lipinski definition) is 5. The topological polar surface area (TPSA) is 92.8 Å². The highest BCUT2D eigenvalue weighted by Gasteiger charge is 2.20. The fourth-order valence-electron chi connectivity index (χ4n) is 2.79. The minimum Gasteiger partial charge on any atom is -0.370 e. The summed E-state index contributed by atoms with van der Waals surface area (Å²) < 4.78 is 28.6. The first-order valence-corrected chi connectivity index (χ1v) is 10.2. The molecule has 2 amide bonds. The fraction of sp³-hybridized carbons (Fsp3) is 0.263. The number of nitrogens with one attached hydrogen (secondary N) is 1. The van der Waals surface area contributed by atoms with E-state index in [1.54, 1.807) is 42.2 Å². The summed E-state index contributed by atoms with van der Waals surface area (Å²) in [4.78, 5) is 26.2. The standard InChI is InChI=1S/C19H20N2O5S/c1-13-3-8-16(27(2,24)25)11-17(13)19(23)20-14-4-6-15(7-5-14)21-9-10-26-12-18(21)22/h3-8,11H,9-10,12H2,1-2H3,(H,20,23). The van der Waals surface area contributed by atoms with Gasteiger partial charge in [-0.15, -0.1) is 0 Å². The molecule has 1 saturated heterocycles. The molecular formula is C19H20N2O5S. The third kappa shape index (κ3) is 4.35. The Bertz CT molecular complexity index is 984. The Labute approximate surface area is 157 Å². The van der Waals surface area contributed by atoms with Crippen molar-refractivity contribution in [2.75, 3.05) is 36.2 Å². The Morgan fingerprint density at radius 1 is 1.15 bits per heavy atom. The van der Waals surface area contributed by atoms with Crippen molar-refractivity contribution >= 4 is 33.0 Å². The molecule has 2 aromatic carbocycles. The molecule has 0 saturated carbocycles. The van der Waals surface area contributed by atoms with Crippen molar-refractivity contribution in [3.05, 3.63) is 53.6 Å². The zero-order chi connectivity index (χ0) is 19.6. The normalized spacial score (nSPS) is 14.9. The van der Waals surface area contributed by atoms with Gasteiger partial charge in [-0.3, -0.25) is 9.59 Å². The highest BCUT2D eigenvalue weighted by atomic mass is 32.2. The maximum atomic E-state index is 12.6. The van der Waals surface area contributed by atoms with Crippen molar-refractivity contribution in [2.24, 2.45) is 0 Å². The van der Waals surface area contributed by atoms with E-state index in [4.69, 9.17) is 4.74 Å². The number of aryl methyl sites for hydroxylation is 1. The number of ether oxygens (including phenoxy) is 1. The van der Waals surface area contributed by atoms with Gasteiger partial charge < -0.3 is 15.0 Å². The van der Waals surface area contributed by atoms with Crippen molar-refractivity contribution in [3.63, 3.8) is 0 Å². The Hall–Kier alpha value is -2.71. The van der Waals surface area contributed by atoms with Gasteiger partial charge in [-0.25, -0.2) is 8.42 Å². The Balaban J connectivity index is 1.78. The van der Waals surface area contributed by atoms with E-state index in [0.717, 1.165) is 11.9 Å². The average molecular weight is 388 g/mol. The van der Waals surface area contributed by atoms with Crippen molar-refractivity contribution < 1.29 is 22.7 Å². The van der Waals surface area contributed by atoms with E-state index in [1.807, 2.05) is 0 Å². The molecule has 1 aliphatic rings. The lowest BCUT2D eigenvalue weighted by atomic mass is 10.1. The number of sulfone groups is 1. The lowest BCUT2D eigenvalue weighted by Gasteiger charge is -2.26. The third-order valence-electron chi connectivity index (χ3n) is 4.30. The summed E-state index contributed by atoms with van der Waals surface area (Å²) in [6, 6.07) is 11.4. The molecule has 0 spiro atoms. The molecule has 1 aliphatic heterocycles. The molecule has 0 bridgehead atoms. The van der Waals surface area contributed by atoms with Gasteiger partial charge in [0.05, 0.1) is 11.5 Å². The molecular weight excluding hydrogens is 368 g/mol. The smallest absolute Gasteiger partial charge is 0.255 e. The van der Waals surface area contributed by atoms with Crippen LogP contribution in [0.3, 0.4) is 0 Å². The molecule has 0 aliphatic carbocycles. The van der Waals surface area contributed by atoms with Crippen LogP contribution in [0.25, 0.3) is 0 Å². The first-order chi connectivity index (χ1) is 12.8. The number of amides is 2. The van der Waals surface area contributed by atoms with Gasteiger partial charge in [0.1, 0.15) is 6.61 Å². The van der Waals surface area contributed by atoms with E-state index in [0.29, 0.717) is 30.0 Å². The molecule has 0 radical (unpaired) electrons. The fourth-order valence-corrected chi connectivity index (χ4v) is 3.44. The van der Waals surface area contributed by atoms with Crippen LogP contribution in [0, 0.1) is 6.92 Å². The van der Waals surface area contributed by atoms with E-state index >= 15 is 0 Å². The molecule has 8 heteroatoms. The van der Waals surface area contributed by atoms with Gasteiger partial charge in [0, 0.05) is 29.7 Å². The van der Waals surface area contributed by atoms with E-state index in [9.17, 15) is 18.0 Å². The van der Waals surface area contributed by atoms with Gasteiger partial charge in [0.25, 0.3) is 11.8 Å². The average Bonchev–Trinajstić information content (AvgIpc) is 2.62. The maximum Gasteiger partial charge on any atom is 0.255 e. The summed E-state index contributed by atoms with van der Waals surface area (Å²) >= 11 is 0. The highest BCUT2D eigenvalue weighted by molar-refractivity contribution is 7.90. The molecule has 2 aromatic rings. The molecule has 1 N–H and O–H groups in total. The molecule has 7 nitrogen and oxygen atoms in total. The van der Waals surface area contributed by atoms with Gasteiger partial charge in [0.2, 0.25) is 0 Å². The molecule has 0 unspecified atom stereocenters. The summed E-state index contributed by atoms with van der Waals surface area (Å²) in [5.41, 5.74) is 2.26. The van der Waals surface area contributed by atoms with Crippen LogP contribution in [0.4, 0.5) is 11.4 Å². The Morgan fingerprint density at radius 3 is 2.48 bits per heavy atom. The minimum absolute atomic E-state index is 0.0639. The molecule has 0 aromatic heterocycles. The van der Waals surface area contributed by atoms with Crippen molar-refractivity contribution in [1.82, 2.24) is 0 Å². The SMILES string of the molecule is Cc1ccc(S(C)(=O)=O)cc1C(=O)Nc1ccc(N2CCOCC2=O)cc1. The lowest BCUT2D eigenvalue weighted by molar-refractivity contribution is -0.125. The molecule has 1 fully saturated rings. The Morgan fingerprint density at radius 2 is 1.85 bits per heavy atom. The maximum absolute atomic E-state index is 12.6. The minimum atomic E-state index is -3.40. The second kappa shape index (κ2) is 7.50. The quantitative estimate of drug-likeness (QED) is 0.865. The van der Waals surface area contributed by atoms with Crippen LogP contribution < -0.4 is 10.2 Å². The monoisotopic (exact) mass is 388 g/mol. The number of morpholine rings is 1. The summed E-state index contributed by atoms with van der Waals surface area (Å²) in [6.07, 6.45) is 1.10. The van der Waals surface area contributed by atoms with Gasteiger partial charge in [-0.2, -0.15) is 0 Å². The first-order valence-electron chi connectivity index (χ1n) is 8.36. The van der Waals surface area contributed by atoms with Crippen molar-refractivity contribution in [1.29, 1.82) is 0 Å². The number of carbonyl (C=O) groups is 2. The van der Waals surface area contributed by atoms with Crippen molar-refractivity contribution in [2.45, 2.75) is 11.8 Å². The lowest BCUT2D eigenvalue weighted by Crippen LogP contribution is -2.41. The van der Waals surface area contributed by atoms with Gasteiger partial charge in [0.15, 0.2) is 9.84 Å². The van der Waals surface area contributed by atoms with E-state index in [2.05, 4.69) is 5.32 Å². The highest BCUT2D eigenvalue weighted by Crippen LogP contribution is 2.21. The number of anilines is 2. The largest absolute Gasteiger partial charge is 0.370 e. The van der Waals surface area contributed by atoms with E-state index in [1.165, 1.54) is 12.1 Å². The van der Waals surface area contributed by atoms with Crippen LogP contribution in [0.1, 0.15) is 15.9 Å². The molecule has 142 valence electrons. The van der Waals surface area contributed by atoms with Gasteiger partial charge in [-0.05, 0) is 48.9 Å². The van der Waals surface area contributed by atoms with Crippen LogP contribution in [-0.4, -0.2) is 46.2 Å². The third-order valence-corrected chi connectivity index (χ3v) is 5.41. The zero-order valence-electron chi connectivity index (χ0n) is 15.1.